The van der Waals surface area contributed by atoms with E-state index in [-0.39, 0.29) is 17.9 Å². The molecule has 0 saturated heterocycles. The summed E-state index contributed by atoms with van der Waals surface area (Å²) in [5.74, 6) is 1.71. The minimum atomic E-state index is 0.0900. The second-order valence-corrected chi connectivity index (χ2v) is 5.12. The zero-order chi connectivity index (χ0) is 13.2. The molecule has 1 fully saturated rings. The minimum Gasteiger partial charge on any atom is -0.486 e. The fraction of sp³-hybridized carbons (Fsp3) is 0.500. The molecule has 1 saturated carbocycles. The summed E-state index contributed by atoms with van der Waals surface area (Å²) in [7, 11) is 0. The van der Waals surface area contributed by atoms with Crippen LogP contribution in [0.25, 0.3) is 0 Å². The van der Waals surface area contributed by atoms with Crippen LogP contribution in [0, 0.1) is 5.92 Å². The van der Waals surface area contributed by atoms with Gasteiger partial charge in [-0.15, -0.1) is 0 Å². The molecule has 1 heterocycles. The van der Waals surface area contributed by atoms with Crippen molar-refractivity contribution in [1.29, 1.82) is 0 Å². The van der Waals surface area contributed by atoms with Gasteiger partial charge in [0.25, 0.3) is 0 Å². The van der Waals surface area contributed by atoms with Crippen LogP contribution in [-0.2, 0) is 11.3 Å². The number of hydrogen-bond donors (Lipinski definition) is 2. The first-order valence-electron chi connectivity index (χ1n) is 6.64. The lowest BCUT2D eigenvalue weighted by atomic mass is 9.80. The quantitative estimate of drug-likeness (QED) is 0.845. The minimum absolute atomic E-state index is 0.0900. The van der Waals surface area contributed by atoms with Crippen LogP contribution in [0.4, 0.5) is 0 Å². The van der Waals surface area contributed by atoms with E-state index in [1.165, 1.54) is 0 Å². The van der Waals surface area contributed by atoms with Gasteiger partial charge in [0, 0.05) is 18.5 Å². The van der Waals surface area contributed by atoms with Gasteiger partial charge >= 0.3 is 0 Å². The second kappa shape index (κ2) is 5.09. The predicted molar refractivity (Wildman–Crippen MR) is 70.0 cm³/mol. The lowest BCUT2D eigenvalue weighted by Gasteiger charge is -2.31. The molecule has 0 aromatic heterocycles. The van der Waals surface area contributed by atoms with E-state index in [1.807, 2.05) is 18.2 Å². The van der Waals surface area contributed by atoms with Crippen LogP contribution in [-0.4, -0.2) is 25.2 Å². The summed E-state index contributed by atoms with van der Waals surface area (Å²) in [6.45, 7) is 1.68. The van der Waals surface area contributed by atoms with Crippen molar-refractivity contribution in [2.45, 2.75) is 25.4 Å². The molecular formula is C14H18N2O3. The maximum atomic E-state index is 11.8. The number of hydrogen-bond acceptors (Lipinski definition) is 4. The molecule has 102 valence electrons. The number of nitrogens with one attached hydrogen (secondary N) is 1. The van der Waals surface area contributed by atoms with Crippen LogP contribution in [0.3, 0.4) is 0 Å². The Morgan fingerprint density at radius 2 is 2.00 bits per heavy atom. The molecule has 1 aromatic rings. The highest BCUT2D eigenvalue weighted by Crippen LogP contribution is 2.31. The standard InChI is InChI=1S/C14H18N2O3/c15-11-6-10(7-11)14(17)16-8-9-1-2-12-13(5-9)19-4-3-18-12/h1-2,5,10-11H,3-4,6-8,15H2,(H,16,17). The Balaban J connectivity index is 1.56. The Bertz CT molecular complexity index is 484. The van der Waals surface area contributed by atoms with Gasteiger partial charge in [0.2, 0.25) is 5.91 Å². The molecule has 0 atom stereocenters. The fourth-order valence-corrected chi connectivity index (χ4v) is 2.41. The van der Waals surface area contributed by atoms with E-state index in [9.17, 15) is 4.79 Å². The summed E-state index contributed by atoms with van der Waals surface area (Å²) < 4.78 is 11.0. The SMILES string of the molecule is NC1CC(C(=O)NCc2ccc3c(c2)OCCO3)C1. The van der Waals surface area contributed by atoms with E-state index >= 15 is 0 Å². The van der Waals surface area contributed by atoms with Crippen LogP contribution < -0.4 is 20.5 Å². The zero-order valence-corrected chi connectivity index (χ0v) is 10.7. The summed E-state index contributed by atoms with van der Waals surface area (Å²) in [4.78, 5) is 11.8. The lowest BCUT2D eigenvalue weighted by Crippen LogP contribution is -2.44. The number of amides is 1. The molecule has 3 rings (SSSR count). The van der Waals surface area contributed by atoms with Gasteiger partial charge in [-0.1, -0.05) is 6.07 Å². The summed E-state index contributed by atoms with van der Waals surface area (Å²) in [5, 5.41) is 2.94. The summed E-state index contributed by atoms with van der Waals surface area (Å²) in [6, 6.07) is 5.95. The Kier molecular flexibility index (Phi) is 3.29. The summed E-state index contributed by atoms with van der Waals surface area (Å²) in [5.41, 5.74) is 6.69. The van der Waals surface area contributed by atoms with Gasteiger partial charge in [-0.2, -0.15) is 0 Å². The third-order valence-electron chi connectivity index (χ3n) is 3.62. The molecule has 0 bridgehead atoms. The molecule has 0 unspecified atom stereocenters. The van der Waals surface area contributed by atoms with E-state index in [0.717, 1.165) is 29.9 Å². The molecule has 5 nitrogen and oxygen atoms in total. The highest BCUT2D eigenvalue weighted by Gasteiger charge is 2.31. The van der Waals surface area contributed by atoms with Crippen molar-refractivity contribution < 1.29 is 14.3 Å². The van der Waals surface area contributed by atoms with E-state index < -0.39 is 0 Å². The Hall–Kier alpha value is -1.75. The number of ether oxygens (including phenoxy) is 2. The topological polar surface area (TPSA) is 73.6 Å². The number of carbonyl (C=O) groups is 1. The van der Waals surface area contributed by atoms with Crippen molar-refractivity contribution in [3.8, 4) is 11.5 Å². The van der Waals surface area contributed by atoms with Gasteiger partial charge in [0.05, 0.1) is 0 Å². The molecule has 5 heteroatoms. The third kappa shape index (κ3) is 2.66. The maximum absolute atomic E-state index is 11.8. The van der Waals surface area contributed by atoms with Crippen molar-refractivity contribution in [1.82, 2.24) is 5.32 Å². The highest BCUT2D eigenvalue weighted by molar-refractivity contribution is 5.79. The van der Waals surface area contributed by atoms with Crippen LogP contribution in [0.2, 0.25) is 0 Å². The van der Waals surface area contributed by atoms with Gasteiger partial charge in [-0.05, 0) is 30.5 Å². The second-order valence-electron chi connectivity index (χ2n) is 5.12. The molecule has 1 aliphatic carbocycles. The summed E-state index contributed by atoms with van der Waals surface area (Å²) in [6.07, 6.45) is 1.60. The molecule has 1 aromatic carbocycles. The molecule has 1 amide bonds. The number of carbonyl (C=O) groups excluding carboxylic acids is 1. The molecule has 19 heavy (non-hydrogen) atoms. The molecule has 0 radical (unpaired) electrons. The molecule has 1 aliphatic heterocycles. The van der Waals surface area contributed by atoms with Crippen molar-refractivity contribution in [3.63, 3.8) is 0 Å². The molecule has 2 aliphatic rings. The Morgan fingerprint density at radius 3 is 2.74 bits per heavy atom. The lowest BCUT2D eigenvalue weighted by molar-refractivity contribution is -0.128. The predicted octanol–water partition coefficient (Wildman–Crippen LogP) is 0.811. The van der Waals surface area contributed by atoms with Gasteiger partial charge in [-0.25, -0.2) is 0 Å². The van der Waals surface area contributed by atoms with Crippen LogP contribution in [0.15, 0.2) is 18.2 Å². The highest BCUT2D eigenvalue weighted by atomic mass is 16.6. The average Bonchev–Trinajstić information content (AvgIpc) is 2.41. The van der Waals surface area contributed by atoms with Crippen LogP contribution in [0.1, 0.15) is 18.4 Å². The van der Waals surface area contributed by atoms with Crippen molar-refractivity contribution in [2.24, 2.45) is 11.7 Å². The van der Waals surface area contributed by atoms with Crippen LogP contribution >= 0.6 is 0 Å². The van der Waals surface area contributed by atoms with E-state index in [1.54, 1.807) is 0 Å². The molecule has 0 spiro atoms. The van der Waals surface area contributed by atoms with Crippen molar-refractivity contribution >= 4 is 5.91 Å². The molecule has 3 N–H and O–H groups in total. The maximum Gasteiger partial charge on any atom is 0.223 e. The fourth-order valence-electron chi connectivity index (χ4n) is 2.41. The van der Waals surface area contributed by atoms with Crippen molar-refractivity contribution in [2.75, 3.05) is 13.2 Å². The monoisotopic (exact) mass is 262 g/mol. The van der Waals surface area contributed by atoms with E-state index in [2.05, 4.69) is 5.32 Å². The zero-order valence-electron chi connectivity index (χ0n) is 10.7. The number of rotatable bonds is 3. The first kappa shape index (κ1) is 12.3. The average molecular weight is 262 g/mol. The normalized spacial score (nSPS) is 24.5. The van der Waals surface area contributed by atoms with Gasteiger partial charge in [0.15, 0.2) is 11.5 Å². The Labute approximate surface area is 112 Å². The first-order chi connectivity index (χ1) is 9.22. The van der Waals surface area contributed by atoms with Gasteiger partial charge in [-0.3, -0.25) is 4.79 Å². The van der Waals surface area contributed by atoms with E-state index in [4.69, 9.17) is 15.2 Å². The largest absolute Gasteiger partial charge is 0.486 e. The summed E-state index contributed by atoms with van der Waals surface area (Å²) >= 11 is 0. The molecular weight excluding hydrogens is 244 g/mol. The van der Waals surface area contributed by atoms with Gasteiger partial charge in [0.1, 0.15) is 13.2 Å². The first-order valence-corrected chi connectivity index (χ1v) is 6.64. The third-order valence-corrected chi connectivity index (χ3v) is 3.62. The van der Waals surface area contributed by atoms with Crippen LogP contribution in [0.5, 0.6) is 11.5 Å². The van der Waals surface area contributed by atoms with Gasteiger partial charge < -0.3 is 20.5 Å². The number of fused-ring (bicyclic) bond motifs is 1. The smallest absolute Gasteiger partial charge is 0.223 e. The van der Waals surface area contributed by atoms with E-state index in [0.29, 0.717) is 19.8 Å². The number of nitrogens with two attached hydrogens (primary N) is 1. The number of benzene rings is 1. The Morgan fingerprint density at radius 1 is 1.26 bits per heavy atom. The van der Waals surface area contributed by atoms with Crippen molar-refractivity contribution in [3.05, 3.63) is 23.8 Å².